The Labute approximate surface area is 138 Å². The van der Waals surface area contributed by atoms with Crippen molar-refractivity contribution in [2.45, 2.75) is 23.5 Å². The van der Waals surface area contributed by atoms with Gasteiger partial charge in [-0.2, -0.15) is 0 Å². The molecule has 1 unspecified atom stereocenters. The molecule has 2 rings (SSSR count). The molecule has 0 aliphatic carbocycles. The lowest BCUT2D eigenvalue weighted by Crippen LogP contribution is -2.19. The van der Waals surface area contributed by atoms with E-state index in [9.17, 15) is 9.90 Å². The minimum absolute atomic E-state index is 0.419. The standard InChI is InChI=1S/C16H14Cl2O2S/c1-10-2-3-11(8-14(10)18)9-15(16(19)20)21-13-6-4-12(17)5-7-13/h2-8,15H,9H2,1H3,(H,19,20). The van der Waals surface area contributed by atoms with E-state index in [1.165, 1.54) is 11.8 Å². The topological polar surface area (TPSA) is 37.3 Å². The minimum Gasteiger partial charge on any atom is -0.480 e. The van der Waals surface area contributed by atoms with Gasteiger partial charge in [-0.05, 0) is 54.8 Å². The lowest BCUT2D eigenvalue weighted by molar-refractivity contribution is -0.136. The van der Waals surface area contributed by atoms with Crippen LogP contribution in [0, 0.1) is 6.92 Å². The van der Waals surface area contributed by atoms with Crippen LogP contribution >= 0.6 is 35.0 Å². The van der Waals surface area contributed by atoms with Crippen molar-refractivity contribution in [2.75, 3.05) is 0 Å². The summed E-state index contributed by atoms with van der Waals surface area (Å²) in [5.41, 5.74) is 1.90. The summed E-state index contributed by atoms with van der Waals surface area (Å²) >= 11 is 13.2. The summed E-state index contributed by atoms with van der Waals surface area (Å²) in [6.45, 7) is 1.92. The number of benzene rings is 2. The molecule has 0 spiro atoms. The highest BCUT2D eigenvalue weighted by Gasteiger charge is 2.19. The lowest BCUT2D eigenvalue weighted by Gasteiger charge is -2.13. The fourth-order valence-electron chi connectivity index (χ4n) is 1.83. The molecule has 0 saturated heterocycles. The van der Waals surface area contributed by atoms with Crippen molar-refractivity contribution >= 4 is 40.9 Å². The number of thioether (sulfide) groups is 1. The zero-order chi connectivity index (χ0) is 15.4. The van der Waals surface area contributed by atoms with Crippen LogP contribution in [-0.4, -0.2) is 16.3 Å². The maximum Gasteiger partial charge on any atom is 0.317 e. The maximum atomic E-state index is 11.4. The second-order valence-corrected chi connectivity index (χ2v) is 6.81. The minimum atomic E-state index is -0.841. The predicted molar refractivity (Wildman–Crippen MR) is 88.6 cm³/mol. The normalized spacial score (nSPS) is 12.1. The lowest BCUT2D eigenvalue weighted by atomic mass is 10.1. The smallest absolute Gasteiger partial charge is 0.317 e. The quantitative estimate of drug-likeness (QED) is 0.770. The second kappa shape index (κ2) is 7.21. The molecule has 1 N–H and O–H groups in total. The highest BCUT2D eigenvalue weighted by molar-refractivity contribution is 8.00. The van der Waals surface area contributed by atoms with Gasteiger partial charge in [0.2, 0.25) is 0 Å². The van der Waals surface area contributed by atoms with Gasteiger partial charge >= 0.3 is 5.97 Å². The first-order valence-corrected chi connectivity index (χ1v) is 7.99. The third-order valence-corrected chi connectivity index (χ3v) is 4.88. The van der Waals surface area contributed by atoms with Gasteiger partial charge in [0, 0.05) is 14.9 Å². The van der Waals surface area contributed by atoms with Gasteiger partial charge in [-0.25, -0.2) is 0 Å². The van der Waals surface area contributed by atoms with Gasteiger partial charge < -0.3 is 5.11 Å². The monoisotopic (exact) mass is 340 g/mol. The average Bonchev–Trinajstić information content (AvgIpc) is 2.44. The van der Waals surface area contributed by atoms with Crippen LogP contribution < -0.4 is 0 Å². The Bertz CT molecular complexity index is 641. The first-order valence-electron chi connectivity index (χ1n) is 6.36. The summed E-state index contributed by atoms with van der Waals surface area (Å²) in [6.07, 6.45) is 0.419. The van der Waals surface area contributed by atoms with Gasteiger partial charge in [0.1, 0.15) is 5.25 Å². The summed E-state index contributed by atoms with van der Waals surface area (Å²) in [6, 6.07) is 12.8. The molecule has 0 aliphatic heterocycles. The van der Waals surface area contributed by atoms with Crippen molar-refractivity contribution in [3.05, 3.63) is 63.6 Å². The van der Waals surface area contributed by atoms with Gasteiger partial charge in [-0.3, -0.25) is 4.79 Å². The van der Waals surface area contributed by atoms with Crippen LogP contribution in [0.1, 0.15) is 11.1 Å². The second-order valence-electron chi connectivity index (χ2n) is 4.69. The molecule has 0 heterocycles. The summed E-state index contributed by atoms with van der Waals surface area (Å²) < 4.78 is 0. The maximum absolute atomic E-state index is 11.4. The molecule has 2 nitrogen and oxygen atoms in total. The van der Waals surface area contributed by atoms with Crippen molar-refractivity contribution in [1.29, 1.82) is 0 Å². The third-order valence-electron chi connectivity index (χ3n) is 3.02. The van der Waals surface area contributed by atoms with Crippen LogP contribution in [-0.2, 0) is 11.2 Å². The van der Waals surface area contributed by atoms with E-state index in [2.05, 4.69) is 0 Å². The molecular weight excluding hydrogens is 327 g/mol. The number of hydrogen-bond donors (Lipinski definition) is 1. The fourth-order valence-corrected chi connectivity index (χ4v) is 3.16. The molecule has 2 aromatic carbocycles. The van der Waals surface area contributed by atoms with E-state index in [0.717, 1.165) is 16.0 Å². The molecule has 0 aromatic heterocycles. The predicted octanol–water partition coefficient (Wildman–Crippen LogP) is 5.09. The van der Waals surface area contributed by atoms with Crippen molar-refractivity contribution in [2.24, 2.45) is 0 Å². The average molecular weight is 341 g/mol. The van der Waals surface area contributed by atoms with Gasteiger partial charge in [0.15, 0.2) is 0 Å². The number of carbonyl (C=O) groups is 1. The molecule has 0 bridgehead atoms. The van der Waals surface area contributed by atoms with E-state index in [0.29, 0.717) is 16.5 Å². The molecular formula is C16H14Cl2O2S. The Hall–Kier alpha value is -1.16. The largest absolute Gasteiger partial charge is 0.480 e. The summed E-state index contributed by atoms with van der Waals surface area (Å²) in [5.74, 6) is -0.841. The summed E-state index contributed by atoms with van der Waals surface area (Å²) in [7, 11) is 0. The van der Waals surface area contributed by atoms with Crippen LogP contribution in [0.4, 0.5) is 0 Å². The highest BCUT2D eigenvalue weighted by Crippen LogP contribution is 2.28. The SMILES string of the molecule is Cc1ccc(CC(Sc2ccc(Cl)cc2)C(=O)O)cc1Cl. The van der Waals surface area contributed by atoms with Crippen molar-refractivity contribution in [1.82, 2.24) is 0 Å². The molecule has 2 aromatic rings. The number of carboxylic acid groups (broad SMARTS) is 1. The van der Waals surface area contributed by atoms with E-state index in [1.807, 2.05) is 37.3 Å². The molecule has 0 aliphatic rings. The molecule has 21 heavy (non-hydrogen) atoms. The number of aliphatic carboxylic acids is 1. The van der Waals surface area contributed by atoms with E-state index >= 15 is 0 Å². The van der Waals surface area contributed by atoms with Crippen LogP contribution in [0.5, 0.6) is 0 Å². The Kier molecular flexibility index (Phi) is 5.57. The molecule has 110 valence electrons. The first kappa shape index (κ1) is 16.2. The van der Waals surface area contributed by atoms with Crippen LogP contribution in [0.15, 0.2) is 47.4 Å². The molecule has 5 heteroatoms. The van der Waals surface area contributed by atoms with Crippen molar-refractivity contribution in [3.63, 3.8) is 0 Å². The molecule has 0 radical (unpaired) electrons. The molecule has 0 saturated carbocycles. The number of rotatable bonds is 5. The van der Waals surface area contributed by atoms with Crippen molar-refractivity contribution < 1.29 is 9.90 Å². The summed E-state index contributed by atoms with van der Waals surface area (Å²) in [5, 5.41) is 10.1. The first-order chi connectivity index (χ1) is 9.95. The van der Waals surface area contributed by atoms with Gasteiger partial charge in [-0.15, -0.1) is 11.8 Å². The zero-order valence-corrected chi connectivity index (χ0v) is 13.7. The molecule has 0 fully saturated rings. The van der Waals surface area contributed by atoms with Gasteiger partial charge in [-0.1, -0.05) is 35.3 Å². The number of hydrogen-bond acceptors (Lipinski definition) is 2. The Morgan fingerprint density at radius 1 is 1.19 bits per heavy atom. The summed E-state index contributed by atoms with van der Waals surface area (Å²) in [4.78, 5) is 12.3. The van der Waals surface area contributed by atoms with Crippen LogP contribution in [0.2, 0.25) is 10.0 Å². The van der Waals surface area contributed by atoms with Crippen LogP contribution in [0.3, 0.4) is 0 Å². The Balaban J connectivity index is 2.13. The van der Waals surface area contributed by atoms with Crippen molar-refractivity contribution in [3.8, 4) is 0 Å². The van der Waals surface area contributed by atoms with Gasteiger partial charge in [0.05, 0.1) is 0 Å². The Morgan fingerprint density at radius 2 is 1.86 bits per heavy atom. The van der Waals surface area contributed by atoms with E-state index in [1.54, 1.807) is 12.1 Å². The van der Waals surface area contributed by atoms with E-state index in [-0.39, 0.29) is 0 Å². The zero-order valence-electron chi connectivity index (χ0n) is 11.3. The number of aryl methyl sites for hydroxylation is 1. The number of halogens is 2. The molecule has 1 atom stereocenters. The van der Waals surface area contributed by atoms with Crippen LogP contribution in [0.25, 0.3) is 0 Å². The number of carboxylic acids is 1. The van der Waals surface area contributed by atoms with E-state index in [4.69, 9.17) is 23.2 Å². The van der Waals surface area contributed by atoms with Gasteiger partial charge in [0.25, 0.3) is 0 Å². The fraction of sp³-hybridized carbons (Fsp3) is 0.188. The highest BCUT2D eigenvalue weighted by atomic mass is 35.5. The third kappa shape index (κ3) is 4.67. The van der Waals surface area contributed by atoms with E-state index < -0.39 is 11.2 Å². The molecule has 0 amide bonds. The Morgan fingerprint density at radius 3 is 2.43 bits per heavy atom.